The second kappa shape index (κ2) is 5.87. The summed E-state index contributed by atoms with van der Waals surface area (Å²) in [6.45, 7) is 4.05. The second-order valence-electron chi connectivity index (χ2n) is 3.83. The molecule has 88 valence electrons. The highest BCUT2D eigenvalue weighted by Crippen LogP contribution is 2.23. The van der Waals surface area contributed by atoms with E-state index in [0.29, 0.717) is 5.02 Å². The molecule has 3 N–H and O–H groups in total. The van der Waals surface area contributed by atoms with E-state index in [9.17, 15) is 4.79 Å². The fourth-order valence-electron chi connectivity index (χ4n) is 1.44. The van der Waals surface area contributed by atoms with E-state index in [1.54, 1.807) is 6.07 Å². The smallest absolute Gasteiger partial charge is 0.239 e. The lowest BCUT2D eigenvalue weighted by atomic mass is 10.0. The zero-order valence-corrected chi connectivity index (χ0v) is 10.3. The molecule has 0 fully saturated rings. The molecular weight excluding hydrogens is 224 g/mol. The zero-order chi connectivity index (χ0) is 12.1. The number of nitrogens with two attached hydrogens (primary N) is 1. The zero-order valence-electron chi connectivity index (χ0n) is 9.53. The van der Waals surface area contributed by atoms with Crippen LogP contribution in [0.1, 0.15) is 31.9 Å². The molecule has 0 bridgehead atoms. The molecule has 0 aromatic heterocycles. The number of carbonyl (C=O) groups is 1. The van der Waals surface area contributed by atoms with Crippen molar-refractivity contribution in [3.63, 3.8) is 0 Å². The molecular formula is C12H17ClN2O. The van der Waals surface area contributed by atoms with E-state index in [2.05, 4.69) is 5.32 Å². The second-order valence-corrected chi connectivity index (χ2v) is 4.24. The van der Waals surface area contributed by atoms with Crippen LogP contribution < -0.4 is 11.1 Å². The van der Waals surface area contributed by atoms with Crippen LogP contribution in [0.5, 0.6) is 0 Å². The van der Waals surface area contributed by atoms with Gasteiger partial charge in [-0.15, -0.1) is 0 Å². The van der Waals surface area contributed by atoms with E-state index in [-0.39, 0.29) is 6.04 Å². The van der Waals surface area contributed by atoms with Crippen molar-refractivity contribution in [2.75, 3.05) is 0 Å². The Morgan fingerprint density at radius 1 is 1.50 bits per heavy atom. The Labute approximate surface area is 101 Å². The first kappa shape index (κ1) is 13.0. The van der Waals surface area contributed by atoms with Gasteiger partial charge in [-0.2, -0.15) is 0 Å². The quantitative estimate of drug-likeness (QED) is 0.830. The van der Waals surface area contributed by atoms with Gasteiger partial charge in [-0.25, -0.2) is 0 Å². The molecule has 1 aromatic carbocycles. The van der Waals surface area contributed by atoms with Crippen molar-refractivity contribution in [2.24, 2.45) is 5.73 Å². The van der Waals surface area contributed by atoms with Gasteiger partial charge in [0.1, 0.15) is 6.04 Å². The van der Waals surface area contributed by atoms with Crippen molar-refractivity contribution in [3.8, 4) is 0 Å². The van der Waals surface area contributed by atoms with Crippen LogP contribution in [0, 0.1) is 0 Å². The van der Waals surface area contributed by atoms with Crippen LogP contribution in [-0.4, -0.2) is 11.9 Å². The summed E-state index contributed by atoms with van der Waals surface area (Å²) < 4.78 is 0. The number of benzene rings is 1. The number of carbonyl (C=O) groups excluding carboxylic acids is 1. The first-order valence-corrected chi connectivity index (χ1v) is 5.73. The molecule has 0 aliphatic heterocycles. The Morgan fingerprint density at radius 2 is 2.12 bits per heavy atom. The molecule has 0 aliphatic carbocycles. The molecule has 0 saturated heterocycles. The Balaban J connectivity index is 2.94. The predicted molar refractivity (Wildman–Crippen MR) is 66.3 cm³/mol. The van der Waals surface area contributed by atoms with E-state index in [4.69, 9.17) is 17.3 Å². The number of nitrogens with one attached hydrogen (secondary N) is 1. The third-order valence-electron chi connectivity index (χ3n) is 2.56. The van der Waals surface area contributed by atoms with Gasteiger partial charge in [0.2, 0.25) is 5.91 Å². The number of hydrogen-bond donors (Lipinski definition) is 2. The van der Waals surface area contributed by atoms with E-state index in [0.717, 1.165) is 12.0 Å². The average molecular weight is 241 g/mol. The van der Waals surface area contributed by atoms with Crippen molar-refractivity contribution >= 4 is 17.5 Å². The van der Waals surface area contributed by atoms with Gasteiger partial charge in [-0.05, 0) is 25.0 Å². The van der Waals surface area contributed by atoms with Gasteiger partial charge in [-0.1, -0.05) is 36.7 Å². The molecule has 2 unspecified atom stereocenters. The van der Waals surface area contributed by atoms with Crippen LogP contribution in [0.4, 0.5) is 0 Å². The van der Waals surface area contributed by atoms with Gasteiger partial charge in [0.05, 0.1) is 0 Å². The fraction of sp³-hybridized carbons (Fsp3) is 0.417. The fourth-order valence-corrected chi connectivity index (χ4v) is 1.68. The lowest BCUT2D eigenvalue weighted by molar-refractivity contribution is -0.120. The Hall–Kier alpha value is -1.06. The monoisotopic (exact) mass is 240 g/mol. The maximum atomic E-state index is 11.4. The summed E-state index contributed by atoms with van der Waals surface area (Å²) in [6, 6.07) is 6.93. The molecule has 0 saturated carbocycles. The topological polar surface area (TPSA) is 55.1 Å². The van der Waals surface area contributed by atoms with E-state index in [1.807, 2.05) is 32.0 Å². The highest BCUT2D eigenvalue weighted by atomic mass is 35.5. The van der Waals surface area contributed by atoms with Gasteiger partial charge in [0.25, 0.3) is 0 Å². The Morgan fingerprint density at radius 3 is 2.62 bits per heavy atom. The van der Waals surface area contributed by atoms with Gasteiger partial charge in [0, 0.05) is 11.1 Å². The molecule has 16 heavy (non-hydrogen) atoms. The summed E-state index contributed by atoms with van der Waals surface area (Å²) in [5.41, 5.74) is 6.11. The minimum absolute atomic E-state index is 0.216. The third-order valence-corrected chi connectivity index (χ3v) is 2.91. The minimum Gasteiger partial charge on any atom is -0.368 e. The number of halogens is 1. The molecule has 2 atom stereocenters. The highest BCUT2D eigenvalue weighted by Gasteiger charge is 2.21. The normalized spacial score (nSPS) is 14.4. The number of rotatable bonds is 5. The predicted octanol–water partition coefficient (Wildman–Crippen LogP) is 2.25. The summed E-state index contributed by atoms with van der Waals surface area (Å²) in [5.74, 6) is -0.409. The number of amides is 1. The summed E-state index contributed by atoms with van der Waals surface area (Å²) in [6.07, 6.45) is 0.925. The molecule has 1 aromatic rings. The highest BCUT2D eigenvalue weighted by molar-refractivity contribution is 6.31. The standard InChI is InChI=1S/C12H17ClN2O/c1-3-8(2)15-11(12(14)16)9-6-4-5-7-10(9)13/h4-8,11,15H,3H2,1-2H3,(H2,14,16). The summed E-state index contributed by atoms with van der Waals surface area (Å²) in [5, 5.41) is 3.72. The lowest BCUT2D eigenvalue weighted by Gasteiger charge is -2.21. The van der Waals surface area contributed by atoms with E-state index < -0.39 is 11.9 Å². The van der Waals surface area contributed by atoms with E-state index >= 15 is 0 Å². The molecule has 1 rings (SSSR count). The summed E-state index contributed by atoms with van der Waals surface area (Å²) in [4.78, 5) is 11.4. The van der Waals surface area contributed by atoms with Crippen molar-refractivity contribution in [2.45, 2.75) is 32.4 Å². The SMILES string of the molecule is CCC(C)NC(C(N)=O)c1ccccc1Cl. The largest absolute Gasteiger partial charge is 0.368 e. The molecule has 1 amide bonds. The van der Waals surface area contributed by atoms with Gasteiger partial charge < -0.3 is 5.73 Å². The summed E-state index contributed by atoms with van der Waals surface area (Å²) >= 11 is 6.04. The van der Waals surface area contributed by atoms with Gasteiger partial charge >= 0.3 is 0 Å². The van der Waals surface area contributed by atoms with Crippen molar-refractivity contribution in [1.29, 1.82) is 0 Å². The first-order valence-electron chi connectivity index (χ1n) is 5.36. The van der Waals surface area contributed by atoms with Crippen LogP contribution >= 0.6 is 11.6 Å². The first-order chi connectivity index (χ1) is 7.56. The van der Waals surface area contributed by atoms with Gasteiger partial charge in [-0.3, -0.25) is 10.1 Å². The molecule has 0 spiro atoms. The molecule has 0 radical (unpaired) electrons. The molecule has 4 heteroatoms. The van der Waals surface area contributed by atoms with Crippen LogP contribution in [0.25, 0.3) is 0 Å². The average Bonchev–Trinajstić information content (AvgIpc) is 2.26. The number of primary amides is 1. The van der Waals surface area contributed by atoms with Crippen molar-refractivity contribution < 1.29 is 4.79 Å². The van der Waals surface area contributed by atoms with E-state index in [1.165, 1.54) is 0 Å². The van der Waals surface area contributed by atoms with Gasteiger partial charge in [0.15, 0.2) is 0 Å². The van der Waals surface area contributed by atoms with Crippen LogP contribution in [0.15, 0.2) is 24.3 Å². The van der Waals surface area contributed by atoms with Crippen molar-refractivity contribution in [1.82, 2.24) is 5.32 Å². The van der Waals surface area contributed by atoms with Crippen LogP contribution in [0.2, 0.25) is 5.02 Å². The number of hydrogen-bond acceptors (Lipinski definition) is 2. The molecule has 3 nitrogen and oxygen atoms in total. The third kappa shape index (κ3) is 3.22. The lowest BCUT2D eigenvalue weighted by Crippen LogP contribution is -2.38. The molecule has 0 aliphatic rings. The van der Waals surface area contributed by atoms with Crippen molar-refractivity contribution in [3.05, 3.63) is 34.9 Å². The van der Waals surface area contributed by atoms with Crippen LogP contribution in [-0.2, 0) is 4.79 Å². The Bertz CT molecular complexity index is 368. The maximum Gasteiger partial charge on any atom is 0.239 e. The summed E-state index contributed by atoms with van der Waals surface area (Å²) in [7, 11) is 0. The minimum atomic E-state index is -0.524. The Kier molecular flexibility index (Phi) is 4.77. The maximum absolute atomic E-state index is 11.4. The molecule has 0 heterocycles. The van der Waals surface area contributed by atoms with Crippen LogP contribution in [0.3, 0.4) is 0 Å².